The molecule has 1 amide bonds. The summed E-state index contributed by atoms with van der Waals surface area (Å²) in [6.07, 6.45) is 6.01. The molecule has 0 aromatic carbocycles. The molecule has 1 aliphatic carbocycles. The van der Waals surface area contributed by atoms with Gasteiger partial charge in [0.1, 0.15) is 11.3 Å². The highest BCUT2D eigenvalue weighted by Crippen LogP contribution is 2.31. The van der Waals surface area contributed by atoms with Crippen molar-refractivity contribution in [2.45, 2.75) is 46.5 Å². The topological polar surface area (TPSA) is 102 Å². The Hall–Kier alpha value is -3.09. The van der Waals surface area contributed by atoms with E-state index in [0.29, 0.717) is 41.0 Å². The number of carbonyl (C=O) groups excluding carboxylic acids is 2. The zero-order valence-electron chi connectivity index (χ0n) is 19.0. The molecule has 0 saturated heterocycles. The Kier molecular flexibility index (Phi) is 9.99. The van der Waals surface area contributed by atoms with E-state index in [0.717, 1.165) is 12.8 Å². The van der Waals surface area contributed by atoms with E-state index in [-0.39, 0.29) is 11.5 Å². The lowest BCUT2D eigenvalue weighted by molar-refractivity contribution is -0.148. The molecule has 1 saturated carbocycles. The molecule has 2 N–H and O–H groups in total. The van der Waals surface area contributed by atoms with Gasteiger partial charge in [-0.3, -0.25) is 9.59 Å². The Labute approximate surface area is 184 Å². The third-order valence-electron chi connectivity index (χ3n) is 5.24. The molecule has 1 fully saturated rings. The number of carboxylic acid groups (broad SMARTS) is 1. The van der Waals surface area contributed by atoms with Gasteiger partial charge in [-0.1, -0.05) is 32.1 Å². The van der Waals surface area contributed by atoms with Crippen molar-refractivity contribution in [1.29, 1.82) is 0 Å². The van der Waals surface area contributed by atoms with Crippen LogP contribution in [0.4, 0.5) is 0 Å². The Morgan fingerprint density at radius 3 is 1.97 bits per heavy atom. The fraction of sp³-hybridized carbons (Fsp3) is 0.458. The maximum absolute atomic E-state index is 12.8. The number of amides is 1. The molecule has 1 rings (SSSR count). The maximum atomic E-state index is 12.8. The minimum absolute atomic E-state index is 0.222. The number of rotatable bonds is 9. The predicted molar refractivity (Wildman–Crippen MR) is 119 cm³/mol. The Bertz CT molecular complexity index is 846. The third kappa shape index (κ3) is 6.98. The molecule has 0 heterocycles. The maximum Gasteiger partial charge on any atom is 0.341 e. The van der Waals surface area contributed by atoms with Gasteiger partial charge in [0.05, 0.1) is 26.1 Å². The molecular weight excluding hydrogens is 398 g/mol. The minimum atomic E-state index is -0.943. The number of carbonyl (C=O) groups is 3. The van der Waals surface area contributed by atoms with Crippen LogP contribution in [0, 0.1) is 11.8 Å². The van der Waals surface area contributed by atoms with Crippen molar-refractivity contribution < 1.29 is 29.0 Å². The van der Waals surface area contributed by atoms with Gasteiger partial charge in [0.2, 0.25) is 5.91 Å². The van der Waals surface area contributed by atoms with E-state index in [9.17, 15) is 19.5 Å². The van der Waals surface area contributed by atoms with Gasteiger partial charge in [0, 0.05) is 5.70 Å². The monoisotopic (exact) mass is 431 g/mol. The SMILES string of the molecule is C=C(C)\C(=C/C=C(C)/C(OC)=C(/C(=C)C)C(=O)OC)NC(=O)[C@H]1CCCC[C@@H]1C(=O)O. The average Bonchev–Trinajstić information content (AvgIpc) is 2.73. The van der Waals surface area contributed by atoms with E-state index in [1.54, 1.807) is 32.9 Å². The second-order valence-corrected chi connectivity index (χ2v) is 7.72. The van der Waals surface area contributed by atoms with Crippen LogP contribution in [0.2, 0.25) is 0 Å². The molecule has 7 heteroatoms. The molecule has 0 spiro atoms. The first-order valence-electron chi connectivity index (χ1n) is 10.2. The summed E-state index contributed by atoms with van der Waals surface area (Å²) in [5, 5.41) is 12.3. The van der Waals surface area contributed by atoms with Gasteiger partial charge < -0.3 is 19.9 Å². The standard InChI is InChI=1S/C24H33NO6/c1-14(2)19(25-22(26)17-10-8-9-11-18(17)23(27)28)13-12-16(5)21(30-6)20(15(3)4)24(29)31-7/h12-13,17-18H,1,3,8-11H2,2,4-7H3,(H,25,26)(H,27,28)/b16-12+,19-13+,21-20+/t17-,18-/m0/s1. The molecule has 7 nitrogen and oxygen atoms in total. The number of aliphatic carboxylic acids is 1. The van der Waals surface area contributed by atoms with Crippen molar-refractivity contribution in [3.05, 3.63) is 59.1 Å². The van der Waals surface area contributed by atoms with Crippen molar-refractivity contribution in [2.24, 2.45) is 11.8 Å². The molecule has 31 heavy (non-hydrogen) atoms. The van der Waals surface area contributed by atoms with Crippen molar-refractivity contribution in [1.82, 2.24) is 5.32 Å². The molecule has 0 bridgehead atoms. The van der Waals surface area contributed by atoms with E-state index in [1.165, 1.54) is 14.2 Å². The lowest BCUT2D eigenvalue weighted by Gasteiger charge is -2.27. The number of hydrogen-bond donors (Lipinski definition) is 2. The molecule has 170 valence electrons. The second kappa shape index (κ2) is 11.9. The van der Waals surface area contributed by atoms with Gasteiger partial charge >= 0.3 is 11.9 Å². The number of hydrogen-bond acceptors (Lipinski definition) is 5. The van der Waals surface area contributed by atoms with Crippen molar-refractivity contribution in [3.63, 3.8) is 0 Å². The van der Waals surface area contributed by atoms with Gasteiger partial charge in [-0.15, -0.1) is 0 Å². The van der Waals surface area contributed by atoms with Crippen LogP contribution in [0.1, 0.15) is 46.5 Å². The van der Waals surface area contributed by atoms with Crippen LogP contribution >= 0.6 is 0 Å². The third-order valence-corrected chi connectivity index (χ3v) is 5.24. The van der Waals surface area contributed by atoms with E-state index >= 15 is 0 Å². The summed E-state index contributed by atoms with van der Waals surface area (Å²) in [5.41, 5.74) is 2.39. The highest BCUT2D eigenvalue weighted by Gasteiger charge is 2.35. The van der Waals surface area contributed by atoms with Crippen LogP contribution in [-0.4, -0.2) is 37.2 Å². The van der Waals surface area contributed by atoms with Crippen molar-refractivity contribution in [3.8, 4) is 0 Å². The summed E-state index contributed by atoms with van der Waals surface area (Å²) in [6, 6.07) is 0. The quantitative estimate of drug-likeness (QED) is 0.247. The van der Waals surface area contributed by atoms with Crippen LogP contribution in [0.3, 0.4) is 0 Å². The summed E-state index contributed by atoms with van der Waals surface area (Å²) in [7, 11) is 2.72. The molecule has 0 unspecified atom stereocenters. The average molecular weight is 432 g/mol. The highest BCUT2D eigenvalue weighted by atomic mass is 16.5. The summed E-state index contributed by atoms with van der Waals surface area (Å²) in [6.45, 7) is 12.9. The smallest absolute Gasteiger partial charge is 0.341 e. The Morgan fingerprint density at radius 1 is 0.935 bits per heavy atom. The summed E-state index contributed by atoms with van der Waals surface area (Å²) >= 11 is 0. The Morgan fingerprint density at radius 2 is 1.52 bits per heavy atom. The van der Waals surface area contributed by atoms with E-state index < -0.39 is 23.8 Å². The first kappa shape index (κ1) is 25.9. The van der Waals surface area contributed by atoms with E-state index in [2.05, 4.69) is 18.5 Å². The van der Waals surface area contributed by atoms with Crippen LogP contribution in [0.5, 0.6) is 0 Å². The fourth-order valence-electron chi connectivity index (χ4n) is 3.56. The number of esters is 1. The summed E-state index contributed by atoms with van der Waals surface area (Å²) in [5.74, 6) is -2.79. The number of allylic oxidation sites excluding steroid dienone is 4. The molecule has 0 aromatic rings. The van der Waals surface area contributed by atoms with Gasteiger partial charge in [0.15, 0.2) is 0 Å². The van der Waals surface area contributed by atoms with Gasteiger partial charge in [-0.25, -0.2) is 4.79 Å². The van der Waals surface area contributed by atoms with Crippen LogP contribution in [0.25, 0.3) is 0 Å². The van der Waals surface area contributed by atoms with Crippen LogP contribution in [-0.2, 0) is 23.9 Å². The minimum Gasteiger partial charge on any atom is -0.496 e. The van der Waals surface area contributed by atoms with Gasteiger partial charge in [-0.2, -0.15) is 0 Å². The number of ether oxygens (including phenoxy) is 2. The zero-order chi connectivity index (χ0) is 23.7. The lowest BCUT2D eigenvalue weighted by atomic mass is 9.78. The van der Waals surface area contributed by atoms with Crippen molar-refractivity contribution >= 4 is 17.8 Å². The van der Waals surface area contributed by atoms with E-state index in [4.69, 9.17) is 9.47 Å². The first-order chi connectivity index (χ1) is 14.5. The molecule has 2 atom stereocenters. The lowest BCUT2D eigenvalue weighted by Crippen LogP contribution is -2.39. The first-order valence-corrected chi connectivity index (χ1v) is 10.2. The molecular formula is C24H33NO6. The van der Waals surface area contributed by atoms with Gasteiger partial charge in [0.25, 0.3) is 0 Å². The van der Waals surface area contributed by atoms with Crippen molar-refractivity contribution in [2.75, 3.05) is 14.2 Å². The molecule has 1 aliphatic rings. The number of nitrogens with one attached hydrogen (secondary N) is 1. The van der Waals surface area contributed by atoms with E-state index in [1.807, 2.05) is 0 Å². The zero-order valence-corrected chi connectivity index (χ0v) is 19.0. The summed E-state index contributed by atoms with van der Waals surface area (Å²) < 4.78 is 10.2. The fourth-order valence-corrected chi connectivity index (χ4v) is 3.56. The van der Waals surface area contributed by atoms with Crippen LogP contribution in [0.15, 0.2) is 59.1 Å². The Balaban J connectivity index is 3.23. The number of methoxy groups -OCH3 is 2. The van der Waals surface area contributed by atoms with Gasteiger partial charge in [-0.05, 0) is 56.4 Å². The highest BCUT2D eigenvalue weighted by molar-refractivity contribution is 5.94. The number of carboxylic acids is 1. The molecule has 0 aliphatic heterocycles. The second-order valence-electron chi connectivity index (χ2n) is 7.72. The normalized spacial score (nSPS) is 20.3. The largest absolute Gasteiger partial charge is 0.496 e. The molecule has 0 aromatic heterocycles. The predicted octanol–water partition coefficient (Wildman–Crippen LogP) is 4.05. The molecule has 0 radical (unpaired) electrons. The summed E-state index contributed by atoms with van der Waals surface area (Å²) in [4.78, 5) is 36.5. The van der Waals surface area contributed by atoms with Crippen LogP contribution < -0.4 is 5.32 Å².